The van der Waals surface area contributed by atoms with Gasteiger partial charge >= 0.3 is 11.9 Å². The highest BCUT2D eigenvalue weighted by atomic mass is 35.5. The first-order chi connectivity index (χ1) is 9.02. The van der Waals surface area contributed by atoms with Crippen molar-refractivity contribution in [1.29, 1.82) is 0 Å². The Balaban J connectivity index is 0.00000361. The second-order valence-electron chi connectivity index (χ2n) is 3.89. The maximum atomic E-state index is 11.5. The van der Waals surface area contributed by atoms with Crippen molar-refractivity contribution in [2.75, 3.05) is 13.2 Å². The number of hydrogen-bond donors (Lipinski definition) is 2. The number of hydrogen-bond acceptors (Lipinski definition) is 6. The predicted molar refractivity (Wildman–Crippen MR) is 74.6 cm³/mol. The lowest BCUT2D eigenvalue weighted by Gasteiger charge is -2.11. The van der Waals surface area contributed by atoms with Gasteiger partial charge in [0.25, 0.3) is 0 Å². The van der Waals surface area contributed by atoms with E-state index >= 15 is 0 Å². The minimum Gasteiger partial charge on any atom is -0.508 e. The second kappa shape index (κ2) is 9.17. The highest BCUT2D eigenvalue weighted by Gasteiger charge is 2.17. The van der Waals surface area contributed by atoms with Crippen molar-refractivity contribution in [1.82, 2.24) is 0 Å². The summed E-state index contributed by atoms with van der Waals surface area (Å²) in [5.41, 5.74) is 6.45. The van der Waals surface area contributed by atoms with Crippen LogP contribution in [0, 0.1) is 0 Å². The molecular formula is C13H18ClNO5. The van der Waals surface area contributed by atoms with Gasteiger partial charge in [-0.2, -0.15) is 0 Å². The normalized spacial score (nSPS) is 11.1. The van der Waals surface area contributed by atoms with Crippen LogP contribution in [0.4, 0.5) is 0 Å². The van der Waals surface area contributed by atoms with Gasteiger partial charge in [0.15, 0.2) is 6.61 Å². The van der Waals surface area contributed by atoms with Gasteiger partial charge in [-0.3, -0.25) is 4.79 Å². The zero-order valence-electron chi connectivity index (χ0n) is 11.1. The Morgan fingerprint density at radius 3 is 2.40 bits per heavy atom. The summed E-state index contributed by atoms with van der Waals surface area (Å²) in [6.45, 7) is 1.46. The molecule has 7 heteroatoms. The van der Waals surface area contributed by atoms with E-state index in [-0.39, 0.29) is 31.2 Å². The molecule has 0 spiro atoms. The number of esters is 2. The van der Waals surface area contributed by atoms with Crippen LogP contribution in [0.15, 0.2) is 24.3 Å². The Morgan fingerprint density at radius 2 is 1.85 bits per heavy atom. The minimum absolute atomic E-state index is 0. The Labute approximate surface area is 123 Å². The first-order valence-corrected chi connectivity index (χ1v) is 5.88. The average Bonchev–Trinajstić information content (AvgIpc) is 2.39. The van der Waals surface area contributed by atoms with E-state index in [1.165, 1.54) is 12.1 Å². The molecule has 1 aromatic carbocycles. The van der Waals surface area contributed by atoms with Gasteiger partial charge in [0.2, 0.25) is 0 Å². The van der Waals surface area contributed by atoms with Gasteiger partial charge in [0, 0.05) is 0 Å². The second-order valence-corrected chi connectivity index (χ2v) is 3.89. The van der Waals surface area contributed by atoms with Crippen LogP contribution < -0.4 is 5.73 Å². The summed E-state index contributed by atoms with van der Waals surface area (Å²) in [5, 5.41) is 9.12. The molecule has 1 rings (SSSR count). The molecule has 112 valence electrons. The molecule has 0 amide bonds. The molecule has 0 fully saturated rings. The van der Waals surface area contributed by atoms with Crippen molar-refractivity contribution >= 4 is 24.3 Å². The number of carbonyl (C=O) groups excluding carboxylic acids is 2. The molecule has 3 N–H and O–H groups in total. The number of ether oxygens (including phenoxy) is 2. The zero-order chi connectivity index (χ0) is 14.3. The third-order valence-corrected chi connectivity index (χ3v) is 2.33. The van der Waals surface area contributed by atoms with Crippen LogP contribution in [0.1, 0.15) is 12.5 Å². The SMILES string of the molecule is CCOC(=O)COC(=O)C(N)Cc1ccc(O)cc1.Cl. The van der Waals surface area contributed by atoms with Gasteiger partial charge in [-0.05, 0) is 31.0 Å². The van der Waals surface area contributed by atoms with Crippen LogP contribution in [-0.2, 0) is 25.5 Å². The number of phenolic OH excluding ortho intramolecular Hbond substituents is 1. The molecule has 20 heavy (non-hydrogen) atoms. The summed E-state index contributed by atoms with van der Waals surface area (Å²) in [7, 11) is 0. The van der Waals surface area contributed by atoms with Crippen molar-refractivity contribution in [3.63, 3.8) is 0 Å². The number of benzene rings is 1. The number of rotatable bonds is 6. The first-order valence-electron chi connectivity index (χ1n) is 5.88. The molecule has 1 aromatic rings. The predicted octanol–water partition coefficient (Wildman–Crippen LogP) is 0.790. The summed E-state index contributed by atoms with van der Waals surface area (Å²) in [6, 6.07) is 5.47. The number of carbonyl (C=O) groups is 2. The fourth-order valence-corrected chi connectivity index (χ4v) is 1.41. The quantitative estimate of drug-likeness (QED) is 0.754. The fourth-order valence-electron chi connectivity index (χ4n) is 1.41. The largest absolute Gasteiger partial charge is 0.508 e. The molecule has 6 nitrogen and oxygen atoms in total. The van der Waals surface area contributed by atoms with Crippen LogP contribution in [0.3, 0.4) is 0 Å². The third kappa shape index (κ3) is 6.40. The Morgan fingerprint density at radius 1 is 1.25 bits per heavy atom. The number of halogens is 1. The van der Waals surface area contributed by atoms with Crippen LogP contribution in [-0.4, -0.2) is 36.3 Å². The number of aromatic hydroxyl groups is 1. The van der Waals surface area contributed by atoms with E-state index in [4.69, 9.17) is 15.6 Å². The van der Waals surface area contributed by atoms with E-state index in [1.54, 1.807) is 19.1 Å². The number of phenols is 1. The summed E-state index contributed by atoms with van der Waals surface area (Å²) < 4.78 is 9.34. The van der Waals surface area contributed by atoms with Gasteiger partial charge in [0.1, 0.15) is 11.8 Å². The lowest BCUT2D eigenvalue weighted by Crippen LogP contribution is -2.35. The molecule has 1 unspecified atom stereocenters. The summed E-state index contributed by atoms with van der Waals surface area (Å²) in [5.74, 6) is -1.13. The molecule has 0 aliphatic carbocycles. The molecule has 0 radical (unpaired) electrons. The Bertz CT molecular complexity index is 435. The van der Waals surface area contributed by atoms with Crippen molar-refractivity contribution in [2.24, 2.45) is 5.73 Å². The maximum Gasteiger partial charge on any atom is 0.344 e. The van der Waals surface area contributed by atoms with Crippen molar-refractivity contribution in [3.8, 4) is 5.75 Å². The van der Waals surface area contributed by atoms with E-state index in [9.17, 15) is 9.59 Å². The van der Waals surface area contributed by atoms with Gasteiger partial charge in [-0.15, -0.1) is 12.4 Å². The zero-order valence-corrected chi connectivity index (χ0v) is 11.9. The van der Waals surface area contributed by atoms with Gasteiger partial charge < -0.3 is 20.3 Å². The van der Waals surface area contributed by atoms with E-state index < -0.39 is 24.6 Å². The van der Waals surface area contributed by atoms with E-state index in [0.29, 0.717) is 0 Å². The lowest BCUT2D eigenvalue weighted by molar-refractivity contribution is -0.159. The summed E-state index contributed by atoms with van der Waals surface area (Å²) >= 11 is 0. The molecule has 1 atom stereocenters. The van der Waals surface area contributed by atoms with Crippen molar-refractivity contribution < 1.29 is 24.2 Å². The van der Waals surface area contributed by atoms with Crippen LogP contribution in [0.25, 0.3) is 0 Å². The fraction of sp³-hybridized carbons (Fsp3) is 0.385. The molecule has 0 aliphatic heterocycles. The Hall–Kier alpha value is -1.79. The molecule has 0 aromatic heterocycles. The molecule has 0 aliphatic rings. The first kappa shape index (κ1) is 18.2. The lowest BCUT2D eigenvalue weighted by atomic mass is 10.1. The number of nitrogens with two attached hydrogens (primary N) is 1. The van der Waals surface area contributed by atoms with Gasteiger partial charge in [-0.1, -0.05) is 12.1 Å². The molecule has 0 heterocycles. The summed E-state index contributed by atoms with van der Waals surface area (Å²) in [6.07, 6.45) is 0.266. The third-order valence-electron chi connectivity index (χ3n) is 2.33. The Kier molecular flexibility index (Phi) is 8.35. The maximum absolute atomic E-state index is 11.5. The summed E-state index contributed by atoms with van der Waals surface area (Å²) in [4.78, 5) is 22.5. The van der Waals surface area contributed by atoms with Gasteiger partial charge in [-0.25, -0.2) is 4.79 Å². The highest BCUT2D eigenvalue weighted by molar-refractivity contribution is 5.85. The topological polar surface area (TPSA) is 98.9 Å². The molecule has 0 saturated heterocycles. The van der Waals surface area contributed by atoms with Gasteiger partial charge in [0.05, 0.1) is 6.61 Å². The van der Waals surface area contributed by atoms with Crippen LogP contribution >= 0.6 is 12.4 Å². The molecular weight excluding hydrogens is 286 g/mol. The molecule has 0 saturated carbocycles. The van der Waals surface area contributed by atoms with E-state index in [2.05, 4.69) is 4.74 Å². The van der Waals surface area contributed by atoms with Crippen LogP contribution in [0.2, 0.25) is 0 Å². The minimum atomic E-state index is -0.862. The molecule has 0 bridgehead atoms. The highest BCUT2D eigenvalue weighted by Crippen LogP contribution is 2.11. The van der Waals surface area contributed by atoms with E-state index in [0.717, 1.165) is 5.56 Å². The standard InChI is InChI=1S/C13H17NO5.ClH/c1-2-18-12(16)8-19-13(17)11(14)7-9-3-5-10(15)6-4-9;/h3-6,11,15H,2,7-8,14H2,1H3;1H. The van der Waals surface area contributed by atoms with Crippen molar-refractivity contribution in [2.45, 2.75) is 19.4 Å². The van der Waals surface area contributed by atoms with E-state index in [1.807, 2.05) is 0 Å². The average molecular weight is 304 g/mol. The smallest absolute Gasteiger partial charge is 0.344 e. The van der Waals surface area contributed by atoms with Crippen LogP contribution in [0.5, 0.6) is 5.75 Å². The van der Waals surface area contributed by atoms with Crippen molar-refractivity contribution in [3.05, 3.63) is 29.8 Å². The monoisotopic (exact) mass is 303 g/mol.